The van der Waals surface area contributed by atoms with E-state index in [9.17, 15) is 4.79 Å². The van der Waals surface area contributed by atoms with Crippen LogP contribution in [0.4, 0.5) is 0 Å². The van der Waals surface area contributed by atoms with E-state index in [0.717, 1.165) is 5.56 Å². The van der Waals surface area contributed by atoms with E-state index in [1.54, 1.807) is 0 Å². The molecule has 0 radical (unpaired) electrons. The van der Waals surface area contributed by atoms with Crippen LogP contribution in [0, 0.1) is 0 Å². The van der Waals surface area contributed by atoms with E-state index in [1.165, 1.54) is 10.9 Å². The van der Waals surface area contributed by atoms with Gasteiger partial charge in [0, 0.05) is 5.56 Å². The zero-order valence-corrected chi connectivity index (χ0v) is 9.76. The molecule has 0 unspecified atom stereocenters. The molecule has 0 aliphatic rings. The normalized spacial score (nSPS) is 10.5. The minimum atomic E-state index is -0.387. The fourth-order valence-corrected chi connectivity index (χ4v) is 1.68. The van der Waals surface area contributed by atoms with Crippen molar-refractivity contribution in [2.75, 3.05) is 0 Å². The minimum absolute atomic E-state index is 0.0263. The average molecular weight is 251 g/mol. The van der Waals surface area contributed by atoms with Gasteiger partial charge in [0.2, 0.25) is 0 Å². The first-order valence-electron chi connectivity index (χ1n) is 5.11. The highest BCUT2D eigenvalue weighted by atomic mass is 35.5. The molecular weight excluding hydrogens is 240 g/mol. The van der Waals surface area contributed by atoms with Crippen molar-refractivity contribution in [1.29, 1.82) is 0 Å². The third kappa shape index (κ3) is 2.54. The van der Waals surface area contributed by atoms with Gasteiger partial charge >= 0.3 is 0 Å². The van der Waals surface area contributed by atoms with Crippen molar-refractivity contribution in [3.8, 4) is 0 Å². The van der Waals surface area contributed by atoms with E-state index >= 15 is 0 Å². The molecule has 88 valence electrons. The lowest BCUT2D eigenvalue weighted by molar-refractivity contribution is 0.280. The zero-order valence-electron chi connectivity index (χ0n) is 9.01. The summed E-state index contributed by atoms with van der Waals surface area (Å²) < 4.78 is 1.27. The van der Waals surface area contributed by atoms with Gasteiger partial charge in [-0.05, 0) is 5.56 Å². The molecular formula is C12H11ClN2O2. The number of aromatic nitrogens is 2. The van der Waals surface area contributed by atoms with Gasteiger partial charge in [0.05, 0.1) is 19.3 Å². The van der Waals surface area contributed by atoms with Crippen LogP contribution in [-0.2, 0) is 13.2 Å². The second-order valence-corrected chi connectivity index (χ2v) is 3.97. The summed E-state index contributed by atoms with van der Waals surface area (Å²) in [5.41, 5.74) is 0.929. The summed E-state index contributed by atoms with van der Waals surface area (Å²) in [5, 5.41) is 12.9. The molecule has 0 bridgehead atoms. The van der Waals surface area contributed by atoms with Crippen LogP contribution in [-0.4, -0.2) is 14.9 Å². The summed E-state index contributed by atoms with van der Waals surface area (Å²) >= 11 is 5.83. The first-order chi connectivity index (χ1) is 8.22. The Labute approximate surface area is 103 Å². The first-order valence-corrected chi connectivity index (χ1v) is 5.49. The SMILES string of the molecule is O=c1c(Cl)c(CO)cnn1Cc1ccccc1. The molecule has 0 atom stereocenters. The predicted molar refractivity (Wildman–Crippen MR) is 65.0 cm³/mol. The van der Waals surface area contributed by atoms with Gasteiger partial charge in [-0.2, -0.15) is 5.10 Å². The number of aliphatic hydroxyl groups excluding tert-OH is 1. The van der Waals surface area contributed by atoms with Gasteiger partial charge < -0.3 is 5.11 Å². The molecule has 17 heavy (non-hydrogen) atoms. The molecule has 5 heteroatoms. The summed E-state index contributed by atoms with van der Waals surface area (Å²) in [6.07, 6.45) is 1.41. The monoisotopic (exact) mass is 250 g/mol. The predicted octanol–water partition coefficient (Wildman–Crippen LogP) is 1.44. The second kappa shape index (κ2) is 5.12. The number of benzene rings is 1. The van der Waals surface area contributed by atoms with Crippen LogP contribution in [0.5, 0.6) is 0 Å². The van der Waals surface area contributed by atoms with Crippen LogP contribution in [0.2, 0.25) is 5.02 Å². The van der Waals surface area contributed by atoms with Crippen LogP contribution < -0.4 is 5.56 Å². The Morgan fingerprint density at radius 2 is 2.00 bits per heavy atom. The van der Waals surface area contributed by atoms with Gasteiger partial charge in [-0.25, -0.2) is 4.68 Å². The van der Waals surface area contributed by atoms with Crippen LogP contribution >= 0.6 is 11.6 Å². The van der Waals surface area contributed by atoms with Gasteiger partial charge in [0.25, 0.3) is 5.56 Å². The molecule has 0 saturated heterocycles. The Morgan fingerprint density at radius 3 is 2.65 bits per heavy atom. The molecule has 0 amide bonds. The molecule has 1 N–H and O–H groups in total. The molecule has 0 aliphatic carbocycles. The lowest BCUT2D eigenvalue weighted by Crippen LogP contribution is -2.24. The largest absolute Gasteiger partial charge is 0.392 e. The lowest BCUT2D eigenvalue weighted by atomic mass is 10.2. The molecule has 1 aromatic carbocycles. The maximum Gasteiger partial charge on any atom is 0.286 e. The van der Waals surface area contributed by atoms with E-state index < -0.39 is 0 Å². The lowest BCUT2D eigenvalue weighted by Gasteiger charge is -2.06. The van der Waals surface area contributed by atoms with Gasteiger partial charge in [-0.15, -0.1) is 0 Å². The van der Waals surface area contributed by atoms with Crippen LogP contribution in [0.25, 0.3) is 0 Å². The molecule has 2 aromatic rings. The Morgan fingerprint density at radius 1 is 1.29 bits per heavy atom. The van der Waals surface area contributed by atoms with E-state index in [4.69, 9.17) is 16.7 Å². The maximum absolute atomic E-state index is 11.8. The molecule has 2 rings (SSSR count). The summed E-state index contributed by atoms with van der Waals surface area (Å²) in [7, 11) is 0. The van der Waals surface area contributed by atoms with Gasteiger partial charge in [-0.3, -0.25) is 4.79 Å². The summed E-state index contributed by atoms with van der Waals surface area (Å²) in [5.74, 6) is 0. The van der Waals surface area contributed by atoms with Crippen molar-refractivity contribution in [3.05, 3.63) is 63.0 Å². The van der Waals surface area contributed by atoms with Crippen LogP contribution in [0.3, 0.4) is 0 Å². The van der Waals surface area contributed by atoms with Crippen molar-refractivity contribution in [3.63, 3.8) is 0 Å². The fraction of sp³-hybridized carbons (Fsp3) is 0.167. The Bertz CT molecular complexity index is 566. The Balaban J connectivity index is 2.35. The maximum atomic E-state index is 11.8. The molecule has 0 aliphatic heterocycles. The highest BCUT2D eigenvalue weighted by Gasteiger charge is 2.08. The third-order valence-corrected chi connectivity index (χ3v) is 2.81. The molecule has 0 fully saturated rings. The van der Waals surface area contributed by atoms with Crippen molar-refractivity contribution < 1.29 is 5.11 Å². The summed E-state index contributed by atoms with van der Waals surface area (Å²) in [6.45, 7) is 0.0817. The standard InChI is InChI=1S/C12H11ClN2O2/c13-11-10(8-16)6-14-15(12(11)17)7-9-4-2-1-3-5-9/h1-6,16H,7-8H2. The molecule has 0 spiro atoms. The minimum Gasteiger partial charge on any atom is -0.392 e. The van der Waals surface area contributed by atoms with Crippen LogP contribution in [0.1, 0.15) is 11.1 Å². The van der Waals surface area contributed by atoms with Crippen molar-refractivity contribution in [2.45, 2.75) is 13.2 Å². The van der Waals surface area contributed by atoms with Crippen molar-refractivity contribution in [2.24, 2.45) is 0 Å². The zero-order chi connectivity index (χ0) is 12.3. The van der Waals surface area contributed by atoms with E-state index in [1.807, 2.05) is 30.3 Å². The molecule has 1 aromatic heterocycles. The van der Waals surface area contributed by atoms with E-state index in [2.05, 4.69) is 5.10 Å². The van der Waals surface area contributed by atoms with Crippen molar-refractivity contribution >= 4 is 11.6 Å². The van der Waals surface area contributed by atoms with Gasteiger partial charge in [0.15, 0.2) is 0 Å². The average Bonchev–Trinajstić information content (AvgIpc) is 2.37. The third-order valence-electron chi connectivity index (χ3n) is 2.40. The molecule has 1 heterocycles. The number of aliphatic hydroxyl groups is 1. The van der Waals surface area contributed by atoms with E-state index in [-0.39, 0.29) is 17.2 Å². The second-order valence-electron chi connectivity index (χ2n) is 3.59. The van der Waals surface area contributed by atoms with Crippen LogP contribution in [0.15, 0.2) is 41.3 Å². The topological polar surface area (TPSA) is 55.1 Å². The first kappa shape index (κ1) is 11.8. The number of hydrogen-bond donors (Lipinski definition) is 1. The highest BCUT2D eigenvalue weighted by Crippen LogP contribution is 2.09. The smallest absolute Gasteiger partial charge is 0.286 e. The summed E-state index contributed by atoms with van der Waals surface area (Å²) in [4.78, 5) is 11.8. The number of rotatable bonds is 3. The Hall–Kier alpha value is -1.65. The van der Waals surface area contributed by atoms with Gasteiger partial charge in [-0.1, -0.05) is 41.9 Å². The molecule has 4 nitrogen and oxygen atoms in total. The quantitative estimate of drug-likeness (QED) is 0.897. The number of halogens is 1. The number of nitrogens with zero attached hydrogens (tertiary/aromatic N) is 2. The molecule has 0 saturated carbocycles. The fourth-order valence-electron chi connectivity index (χ4n) is 1.48. The van der Waals surface area contributed by atoms with Gasteiger partial charge in [0.1, 0.15) is 5.02 Å². The summed E-state index contributed by atoms with van der Waals surface area (Å²) in [6, 6.07) is 9.50. The highest BCUT2D eigenvalue weighted by molar-refractivity contribution is 6.31. The number of hydrogen-bond acceptors (Lipinski definition) is 3. The Kier molecular flexibility index (Phi) is 3.56. The van der Waals surface area contributed by atoms with Crippen molar-refractivity contribution in [1.82, 2.24) is 9.78 Å². The van der Waals surface area contributed by atoms with E-state index in [0.29, 0.717) is 12.1 Å².